The number of nitrogens with two attached hydrogens (primary N) is 1. The van der Waals surface area contributed by atoms with Crippen molar-refractivity contribution in [3.63, 3.8) is 0 Å². The van der Waals surface area contributed by atoms with E-state index in [1.165, 1.54) is 5.56 Å². The maximum atomic E-state index is 14.5. The van der Waals surface area contributed by atoms with Crippen molar-refractivity contribution in [1.29, 1.82) is 0 Å². The minimum Gasteiger partial charge on any atom is -0.488 e. The first-order valence-corrected chi connectivity index (χ1v) is 15.2. The van der Waals surface area contributed by atoms with Gasteiger partial charge in [-0.15, -0.1) is 0 Å². The van der Waals surface area contributed by atoms with Crippen LogP contribution in [0.5, 0.6) is 5.75 Å². The summed E-state index contributed by atoms with van der Waals surface area (Å²) in [6, 6.07) is 35.3. The Morgan fingerprint density at radius 3 is 2.12 bits per heavy atom. The number of hydrogen-bond acceptors (Lipinski definition) is 4. The van der Waals surface area contributed by atoms with Crippen LogP contribution in [0.3, 0.4) is 0 Å². The van der Waals surface area contributed by atoms with Crippen molar-refractivity contribution in [3.8, 4) is 5.75 Å². The largest absolute Gasteiger partial charge is 0.488 e. The van der Waals surface area contributed by atoms with Crippen LogP contribution in [0.1, 0.15) is 70.3 Å². The minimum atomic E-state index is -0.548. The molecule has 0 bridgehead atoms. The summed E-state index contributed by atoms with van der Waals surface area (Å²) >= 11 is 0. The van der Waals surface area contributed by atoms with E-state index in [-0.39, 0.29) is 23.8 Å². The lowest BCUT2D eigenvalue weighted by atomic mass is 9.96. The zero-order valence-electron chi connectivity index (χ0n) is 24.6. The number of rotatable bonds is 8. The number of amides is 2. The number of likely N-dealkylation sites (tertiary alicyclic amines) is 2. The van der Waals surface area contributed by atoms with Gasteiger partial charge in [-0.3, -0.25) is 9.59 Å². The third-order valence-electron chi connectivity index (χ3n) is 8.89. The molecular weight excluding hydrogens is 534 g/mol. The van der Waals surface area contributed by atoms with Gasteiger partial charge in [-0.25, -0.2) is 0 Å². The van der Waals surface area contributed by atoms with E-state index in [0.29, 0.717) is 49.9 Å². The standard InChI is InChI=1S/C37H39N3O3/c1-26(38)30-17-18-35(43-25-27-11-5-2-6-12-27)33(21-30)36(41)40-24-32(29-15-9-4-10-16-29)22-34(40)37(42)39-20-19-31(23-39)28-13-7-3-8-14-28/h2-18,21,26,31-32,34H,19-20,22-25,38H2,1H3. The Labute approximate surface area is 254 Å². The highest BCUT2D eigenvalue weighted by Gasteiger charge is 2.44. The fraction of sp³-hybridized carbons (Fsp3) is 0.297. The minimum absolute atomic E-state index is 0.0281. The first kappa shape index (κ1) is 28.7. The predicted molar refractivity (Wildman–Crippen MR) is 169 cm³/mol. The molecule has 2 aliphatic rings. The molecule has 43 heavy (non-hydrogen) atoms. The third kappa shape index (κ3) is 6.35. The number of hydrogen-bond donors (Lipinski definition) is 1. The van der Waals surface area contributed by atoms with Gasteiger partial charge in [0, 0.05) is 37.5 Å². The SMILES string of the molecule is CC(N)c1ccc(OCc2ccccc2)c(C(=O)N2CC(c3ccccc3)CC2C(=O)N2CCC(c3ccccc3)C2)c1. The Morgan fingerprint density at radius 1 is 0.837 bits per heavy atom. The van der Waals surface area contributed by atoms with Crippen molar-refractivity contribution in [2.75, 3.05) is 19.6 Å². The van der Waals surface area contributed by atoms with E-state index in [1.807, 2.05) is 84.6 Å². The van der Waals surface area contributed by atoms with E-state index in [1.54, 1.807) is 4.90 Å². The van der Waals surface area contributed by atoms with Gasteiger partial charge in [-0.2, -0.15) is 0 Å². The maximum absolute atomic E-state index is 14.5. The molecule has 4 aromatic rings. The van der Waals surface area contributed by atoms with Crippen LogP contribution in [0.15, 0.2) is 109 Å². The second-order valence-corrected chi connectivity index (χ2v) is 11.8. The number of nitrogens with zero attached hydrogens (tertiary/aromatic N) is 2. The summed E-state index contributed by atoms with van der Waals surface area (Å²) in [4.78, 5) is 32.4. The normalized spacial score (nSPS) is 20.7. The molecule has 2 saturated heterocycles. The van der Waals surface area contributed by atoms with Crippen molar-refractivity contribution >= 4 is 11.8 Å². The third-order valence-corrected chi connectivity index (χ3v) is 8.89. The smallest absolute Gasteiger partial charge is 0.258 e. The quantitative estimate of drug-likeness (QED) is 0.268. The Morgan fingerprint density at radius 2 is 1.47 bits per heavy atom. The van der Waals surface area contributed by atoms with Crippen LogP contribution in [0, 0.1) is 0 Å². The van der Waals surface area contributed by atoms with E-state index in [2.05, 4.69) is 36.4 Å². The molecule has 2 N–H and O–H groups in total. The summed E-state index contributed by atoms with van der Waals surface area (Å²) in [6.07, 6.45) is 1.51. The first-order chi connectivity index (χ1) is 21.0. The molecule has 0 aliphatic carbocycles. The van der Waals surface area contributed by atoms with Crippen molar-refractivity contribution in [2.45, 2.75) is 50.3 Å². The number of benzene rings is 4. The van der Waals surface area contributed by atoms with Gasteiger partial charge in [0.05, 0.1) is 5.56 Å². The average Bonchev–Trinajstić information content (AvgIpc) is 3.73. The van der Waals surface area contributed by atoms with Crippen LogP contribution < -0.4 is 10.5 Å². The van der Waals surface area contributed by atoms with Crippen molar-refractivity contribution in [1.82, 2.24) is 9.80 Å². The predicted octanol–water partition coefficient (Wildman–Crippen LogP) is 6.30. The average molecular weight is 574 g/mol. The number of carbonyl (C=O) groups excluding carboxylic acids is 2. The van der Waals surface area contributed by atoms with Crippen LogP contribution in [0.2, 0.25) is 0 Å². The van der Waals surface area contributed by atoms with E-state index in [4.69, 9.17) is 10.5 Å². The molecular formula is C37H39N3O3. The molecule has 2 heterocycles. The van der Waals surface area contributed by atoms with Crippen LogP contribution in [-0.4, -0.2) is 47.3 Å². The van der Waals surface area contributed by atoms with Gasteiger partial charge < -0.3 is 20.3 Å². The Bertz CT molecular complexity index is 1540. The lowest BCUT2D eigenvalue weighted by Crippen LogP contribution is -2.47. The molecule has 6 nitrogen and oxygen atoms in total. The molecule has 4 atom stereocenters. The monoisotopic (exact) mass is 573 g/mol. The van der Waals surface area contributed by atoms with Gasteiger partial charge in [0.15, 0.2) is 0 Å². The molecule has 2 aliphatic heterocycles. The molecule has 4 unspecified atom stereocenters. The maximum Gasteiger partial charge on any atom is 0.258 e. The molecule has 6 heteroatoms. The van der Waals surface area contributed by atoms with Gasteiger partial charge >= 0.3 is 0 Å². The summed E-state index contributed by atoms with van der Waals surface area (Å²) < 4.78 is 6.23. The van der Waals surface area contributed by atoms with Gasteiger partial charge in [-0.1, -0.05) is 97.1 Å². The first-order valence-electron chi connectivity index (χ1n) is 15.2. The Kier molecular flexibility index (Phi) is 8.57. The van der Waals surface area contributed by atoms with Crippen LogP contribution in [-0.2, 0) is 11.4 Å². The molecule has 0 aromatic heterocycles. The van der Waals surface area contributed by atoms with Gasteiger partial charge in [0.2, 0.25) is 5.91 Å². The Hall–Kier alpha value is -4.42. The van der Waals surface area contributed by atoms with Crippen molar-refractivity contribution < 1.29 is 14.3 Å². The summed E-state index contributed by atoms with van der Waals surface area (Å²) in [5.41, 5.74) is 10.9. The fourth-order valence-corrected chi connectivity index (χ4v) is 6.44. The van der Waals surface area contributed by atoms with Crippen LogP contribution >= 0.6 is 0 Å². The number of carbonyl (C=O) groups is 2. The summed E-state index contributed by atoms with van der Waals surface area (Å²) in [5.74, 6) is 0.706. The number of ether oxygens (including phenoxy) is 1. The second-order valence-electron chi connectivity index (χ2n) is 11.8. The lowest BCUT2D eigenvalue weighted by molar-refractivity contribution is -0.134. The molecule has 2 fully saturated rings. The van der Waals surface area contributed by atoms with Gasteiger partial charge in [0.25, 0.3) is 5.91 Å². The summed E-state index contributed by atoms with van der Waals surface area (Å²) in [6.45, 7) is 4.07. The van der Waals surface area contributed by atoms with Crippen molar-refractivity contribution in [2.24, 2.45) is 5.73 Å². The van der Waals surface area contributed by atoms with Gasteiger partial charge in [0.1, 0.15) is 18.4 Å². The molecule has 4 aromatic carbocycles. The van der Waals surface area contributed by atoms with Crippen molar-refractivity contribution in [3.05, 3.63) is 137 Å². The van der Waals surface area contributed by atoms with E-state index < -0.39 is 6.04 Å². The zero-order valence-corrected chi connectivity index (χ0v) is 24.6. The van der Waals surface area contributed by atoms with E-state index in [9.17, 15) is 9.59 Å². The van der Waals surface area contributed by atoms with E-state index >= 15 is 0 Å². The summed E-state index contributed by atoms with van der Waals surface area (Å²) in [7, 11) is 0. The van der Waals surface area contributed by atoms with Gasteiger partial charge in [-0.05, 0) is 54.2 Å². The zero-order chi connectivity index (χ0) is 29.8. The molecule has 0 radical (unpaired) electrons. The highest BCUT2D eigenvalue weighted by molar-refractivity contribution is 6.00. The summed E-state index contributed by atoms with van der Waals surface area (Å²) in [5, 5.41) is 0. The molecule has 2 amide bonds. The highest BCUT2D eigenvalue weighted by atomic mass is 16.5. The Balaban J connectivity index is 1.29. The second kappa shape index (κ2) is 12.8. The molecule has 0 spiro atoms. The fourth-order valence-electron chi connectivity index (χ4n) is 6.44. The molecule has 6 rings (SSSR count). The molecule has 220 valence electrons. The van der Waals surface area contributed by atoms with Crippen LogP contribution in [0.4, 0.5) is 0 Å². The highest BCUT2D eigenvalue weighted by Crippen LogP contribution is 2.37. The molecule has 0 saturated carbocycles. The van der Waals surface area contributed by atoms with E-state index in [0.717, 1.165) is 23.1 Å². The lowest BCUT2D eigenvalue weighted by Gasteiger charge is -2.29. The topological polar surface area (TPSA) is 75.9 Å². The van der Waals surface area contributed by atoms with Crippen LogP contribution in [0.25, 0.3) is 0 Å².